The Kier molecular flexibility index (Phi) is 4.99. The van der Waals surface area contributed by atoms with Crippen molar-refractivity contribution in [1.82, 2.24) is 4.83 Å². The molecule has 2 aromatic rings. The van der Waals surface area contributed by atoms with Gasteiger partial charge in [-0.05, 0) is 29.8 Å². The summed E-state index contributed by atoms with van der Waals surface area (Å²) < 4.78 is 29.0. The quantitative estimate of drug-likeness (QED) is 0.462. The van der Waals surface area contributed by atoms with Crippen LogP contribution in [0.4, 0.5) is 5.69 Å². The van der Waals surface area contributed by atoms with E-state index in [-0.39, 0.29) is 22.1 Å². The second-order valence-electron chi connectivity index (χ2n) is 4.54. The van der Waals surface area contributed by atoms with E-state index in [0.29, 0.717) is 5.56 Å². The highest BCUT2D eigenvalue weighted by atomic mass is 32.2. The minimum Gasteiger partial charge on any atom is -0.504 e. The molecule has 0 fully saturated rings. The summed E-state index contributed by atoms with van der Waals surface area (Å²) in [5, 5.41) is 23.8. The van der Waals surface area contributed by atoms with Crippen molar-refractivity contribution in [2.45, 2.75) is 4.90 Å². The number of benzene rings is 2. The lowest BCUT2D eigenvalue weighted by atomic mass is 10.2. The van der Waals surface area contributed by atoms with Gasteiger partial charge in [0.05, 0.1) is 23.1 Å². The highest BCUT2D eigenvalue weighted by molar-refractivity contribution is 7.89. The number of phenols is 1. The van der Waals surface area contributed by atoms with Gasteiger partial charge in [0, 0.05) is 12.1 Å². The summed E-state index contributed by atoms with van der Waals surface area (Å²) in [5.74, 6) is 0.146. The number of nitrogens with zero attached hydrogens (tertiary/aromatic N) is 2. The Labute approximate surface area is 137 Å². The number of sulfonamides is 1. The first-order valence-corrected chi connectivity index (χ1v) is 7.98. The predicted octanol–water partition coefficient (Wildman–Crippen LogP) is 1.62. The first-order chi connectivity index (χ1) is 11.3. The van der Waals surface area contributed by atoms with Crippen LogP contribution in [-0.2, 0) is 10.0 Å². The number of methoxy groups -OCH3 is 1. The van der Waals surface area contributed by atoms with E-state index in [1.54, 1.807) is 0 Å². The van der Waals surface area contributed by atoms with Gasteiger partial charge >= 0.3 is 0 Å². The topological polar surface area (TPSA) is 131 Å². The van der Waals surface area contributed by atoms with E-state index < -0.39 is 14.9 Å². The fourth-order valence-electron chi connectivity index (χ4n) is 1.76. The number of non-ortho nitro benzene ring substituents is 1. The molecule has 0 heterocycles. The molecule has 2 aromatic carbocycles. The monoisotopic (exact) mass is 351 g/mol. The van der Waals surface area contributed by atoms with E-state index in [0.717, 1.165) is 6.07 Å². The SMILES string of the molecule is COc1cc(C=NNS(=O)(=O)c2cccc([N+](=O)[O-])c2)ccc1O. The van der Waals surface area contributed by atoms with Gasteiger partial charge < -0.3 is 9.84 Å². The largest absolute Gasteiger partial charge is 0.504 e. The highest BCUT2D eigenvalue weighted by Crippen LogP contribution is 2.25. The summed E-state index contributed by atoms with van der Waals surface area (Å²) >= 11 is 0. The van der Waals surface area contributed by atoms with Gasteiger partial charge in [0.1, 0.15) is 0 Å². The molecule has 9 nitrogen and oxygen atoms in total. The lowest BCUT2D eigenvalue weighted by Gasteiger charge is -2.04. The number of ether oxygens (including phenoxy) is 1. The van der Waals surface area contributed by atoms with Crippen LogP contribution < -0.4 is 9.57 Å². The van der Waals surface area contributed by atoms with Crippen molar-refractivity contribution in [3.05, 3.63) is 58.1 Å². The Hall–Kier alpha value is -3.14. The van der Waals surface area contributed by atoms with Crippen LogP contribution >= 0.6 is 0 Å². The third-order valence-corrected chi connectivity index (χ3v) is 4.15. The molecule has 24 heavy (non-hydrogen) atoms. The van der Waals surface area contributed by atoms with Gasteiger partial charge in [-0.1, -0.05) is 6.07 Å². The molecular formula is C14H13N3O6S. The molecule has 0 saturated heterocycles. The molecule has 0 bridgehead atoms. The molecule has 0 aliphatic rings. The van der Waals surface area contributed by atoms with E-state index in [4.69, 9.17) is 4.74 Å². The number of hydrogen-bond acceptors (Lipinski definition) is 7. The number of nitro benzene ring substituents is 1. The number of hydrazone groups is 1. The van der Waals surface area contributed by atoms with Crippen LogP contribution in [0.5, 0.6) is 11.5 Å². The van der Waals surface area contributed by atoms with Gasteiger partial charge in [0.25, 0.3) is 15.7 Å². The minimum absolute atomic E-state index is 0.0631. The summed E-state index contributed by atoms with van der Waals surface area (Å²) in [4.78, 5) is 11.7. The molecule has 0 unspecified atom stereocenters. The summed E-state index contributed by atoms with van der Waals surface area (Å²) in [7, 11) is -2.67. The van der Waals surface area contributed by atoms with Crippen molar-refractivity contribution < 1.29 is 23.2 Å². The number of nitro groups is 1. The fourth-order valence-corrected chi connectivity index (χ4v) is 2.59. The normalized spacial score (nSPS) is 11.4. The molecule has 0 aliphatic heterocycles. The smallest absolute Gasteiger partial charge is 0.276 e. The fraction of sp³-hybridized carbons (Fsp3) is 0.0714. The third kappa shape index (κ3) is 3.98. The molecule has 0 atom stereocenters. The van der Waals surface area contributed by atoms with E-state index >= 15 is 0 Å². The summed E-state index contributed by atoms with van der Waals surface area (Å²) in [6.45, 7) is 0. The summed E-state index contributed by atoms with van der Waals surface area (Å²) in [6, 6.07) is 8.93. The Morgan fingerprint density at radius 1 is 1.29 bits per heavy atom. The van der Waals surface area contributed by atoms with Gasteiger partial charge in [-0.15, -0.1) is 0 Å². The standard InChI is InChI=1S/C14H13N3O6S/c1-23-14-7-10(5-6-13(14)18)9-15-16-24(21,22)12-4-2-3-11(8-12)17(19)20/h2-9,16,18H,1H3. The molecule has 2 N–H and O–H groups in total. The van der Waals surface area contributed by atoms with E-state index in [2.05, 4.69) is 5.10 Å². The number of aromatic hydroxyl groups is 1. The van der Waals surface area contributed by atoms with E-state index in [9.17, 15) is 23.6 Å². The van der Waals surface area contributed by atoms with Crippen molar-refractivity contribution in [3.8, 4) is 11.5 Å². The van der Waals surface area contributed by atoms with Crippen LogP contribution in [0.15, 0.2) is 52.5 Å². The Bertz CT molecular complexity index is 895. The Morgan fingerprint density at radius 2 is 2.04 bits per heavy atom. The zero-order valence-electron chi connectivity index (χ0n) is 12.4. The summed E-state index contributed by atoms with van der Waals surface area (Å²) in [6.07, 6.45) is 1.21. The maximum atomic E-state index is 12.1. The van der Waals surface area contributed by atoms with Crippen LogP contribution in [0.2, 0.25) is 0 Å². The molecule has 0 aliphatic carbocycles. The van der Waals surface area contributed by atoms with Gasteiger partial charge in [-0.25, -0.2) is 4.83 Å². The Morgan fingerprint density at radius 3 is 2.71 bits per heavy atom. The first kappa shape index (κ1) is 17.2. The average molecular weight is 351 g/mol. The molecule has 2 rings (SSSR count). The lowest BCUT2D eigenvalue weighted by molar-refractivity contribution is -0.385. The first-order valence-electron chi connectivity index (χ1n) is 6.50. The highest BCUT2D eigenvalue weighted by Gasteiger charge is 2.16. The molecular weight excluding hydrogens is 338 g/mol. The molecule has 10 heteroatoms. The van der Waals surface area contributed by atoms with E-state index in [1.807, 2.05) is 4.83 Å². The van der Waals surface area contributed by atoms with Crippen LogP contribution in [0.1, 0.15) is 5.56 Å². The second kappa shape index (κ2) is 6.96. The second-order valence-corrected chi connectivity index (χ2v) is 6.20. The number of phenolic OH excluding ortho intramolecular Hbond substituents is 1. The van der Waals surface area contributed by atoms with Crippen molar-refractivity contribution in [1.29, 1.82) is 0 Å². The molecule has 0 spiro atoms. The van der Waals surface area contributed by atoms with Crippen molar-refractivity contribution in [2.24, 2.45) is 5.10 Å². The lowest BCUT2D eigenvalue weighted by Crippen LogP contribution is -2.18. The third-order valence-electron chi connectivity index (χ3n) is 2.93. The van der Waals surface area contributed by atoms with Crippen molar-refractivity contribution >= 4 is 21.9 Å². The number of hydrogen-bond donors (Lipinski definition) is 2. The molecule has 0 amide bonds. The van der Waals surface area contributed by atoms with Gasteiger partial charge in [-0.3, -0.25) is 10.1 Å². The molecule has 126 valence electrons. The van der Waals surface area contributed by atoms with Gasteiger partial charge in [0.15, 0.2) is 11.5 Å². The summed E-state index contributed by atoms with van der Waals surface area (Å²) in [5.41, 5.74) is 0.136. The Balaban J connectivity index is 2.18. The molecule has 0 aromatic heterocycles. The van der Waals surface area contributed by atoms with Gasteiger partial charge in [0.2, 0.25) is 0 Å². The minimum atomic E-state index is -4.04. The molecule has 0 saturated carbocycles. The van der Waals surface area contributed by atoms with Crippen molar-refractivity contribution in [3.63, 3.8) is 0 Å². The van der Waals surface area contributed by atoms with Crippen LogP contribution in [-0.4, -0.2) is 31.8 Å². The van der Waals surface area contributed by atoms with Crippen LogP contribution in [0.25, 0.3) is 0 Å². The zero-order valence-corrected chi connectivity index (χ0v) is 13.2. The van der Waals surface area contributed by atoms with E-state index in [1.165, 1.54) is 49.7 Å². The molecule has 0 radical (unpaired) electrons. The number of nitrogens with one attached hydrogen (secondary N) is 1. The average Bonchev–Trinajstić information content (AvgIpc) is 2.56. The van der Waals surface area contributed by atoms with Gasteiger partial charge in [-0.2, -0.15) is 13.5 Å². The van der Waals surface area contributed by atoms with Crippen LogP contribution in [0, 0.1) is 10.1 Å². The van der Waals surface area contributed by atoms with Crippen molar-refractivity contribution in [2.75, 3.05) is 7.11 Å². The maximum absolute atomic E-state index is 12.1. The maximum Gasteiger partial charge on any atom is 0.276 e. The zero-order chi connectivity index (χ0) is 17.7. The predicted molar refractivity (Wildman–Crippen MR) is 85.7 cm³/mol. The number of rotatable bonds is 6. The van der Waals surface area contributed by atoms with Crippen LogP contribution in [0.3, 0.4) is 0 Å².